The highest BCUT2D eigenvalue weighted by Gasteiger charge is 2.45. The highest BCUT2D eigenvalue weighted by atomic mass is 35.5. The largest absolute Gasteiger partial charge is 0.316 e. The van der Waals surface area contributed by atoms with Gasteiger partial charge in [0.05, 0.1) is 0 Å². The topological polar surface area (TPSA) is 12.0 Å². The molecule has 18 heavy (non-hydrogen) atoms. The second-order valence-corrected chi connectivity index (χ2v) is 6.65. The van der Waals surface area contributed by atoms with Crippen LogP contribution in [0.15, 0.2) is 24.3 Å². The van der Waals surface area contributed by atoms with E-state index >= 15 is 0 Å². The summed E-state index contributed by atoms with van der Waals surface area (Å²) in [6.45, 7) is 4.67. The molecule has 1 aliphatic carbocycles. The lowest BCUT2D eigenvalue weighted by Gasteiger charge is -2.43. The standard InChI is InChI=1S/C16H22ClN/c1-12-6-7-16(10-12)8-9-18-11-14(16)13-4-2-3-5-15(13)17/h2-5,12,14,18H,6-11H2,1H3. The minimum Gasteiger partial charge on any atom is -0.316 e. The van der Waals surface area contributed by atoms with Crippen molar-refractivity contribution in [2.75, 3.05) is 13.1 Å². The number of hydrogen-bond acceptors (Lipinski definition) is 1. The predicted octanol–water partition coefficient (Wildman–Crippen LogP) is 4.22. The fourth-order valence-electron chi connectivity index (χ4n) is 4.15. The van der Waals surface area contributed by atoms with Crippen LogP contribution in [0, 0.1) is 11.3 Å². The van der Waals surface area contributed by atoms with Gasteiger partial charge in [0.25, 0.3) is 0 Å². The van der Waals surface area contributed by atoms with Gasteiger partial charge in [-0.15, -0.1) is 0 Å². The molecular weight excluding hydrogens is 242 g/mol. The molecule has 0 bridgehead atoms. The second-order valence-electron chi connectivity index (χ2n) is 6.24. The normalized spacial score (nSPS) is 36.1. The number of hydrogen-bond donors (Lipinski definition) is 1. The van der Waals surface area contributed by atoms with Crippen molar-refractivity contribution in [1.29, 1.82) is 0 Å². The average Bonchev–Trinajstić information content (AvgIpc) is 2.73. The maximum absolute atomic E-state index is 6.43. The molecule has 98 valence electrons. The summed E-state index contributed by atoms with van der Waals surface area (Å²) in [7, 11) is 0. The number of benzene rings is 1. The smallest absolute Gasteiger partial charge is 0.0441 e. The van der Waals surface area contributed by atoms with Crippen molar-refractivity contribution in [3.05, 3.63) is 34.9 Å². The van der Waals surface area contributed by atoms with E-state index in [-0.39, 0.29) is 0 Å². The third-order valence-corrected chi connectivity index (χ3v) is 5.40. The zero-order chi connectivity index (χ0) is 12.6. The minimum absolute atomic E-state index is 0.510. The van der Waals surface area contributed by atoms with Gasteiger partial charge >= 0.3 is 0 Å². The highest BCUT2D eigenvalue weighted by molar-refractivity contribution is 6.31. The van der Waals surface area contributed by atoms with Crippen LogP contribution in [-0.4, -0.2) is 13.1 Å². The summed E-state index contributed by atoms with van der Waals surface area (Å²) in [6, 6.07) is 8.43. The molecule has 1 heterocycles. The zero-order valence-electron chi connectivity index (χ0n) is 11.1. The van der Waals surface area contributed by atoms with Crippen LogP contribution in [0.1, 0.15) is 44.1 Å². The van der Waals surface area contributed by atoms with Crippen molar-refractivity contribution in [3.63, 3.8) is 0 Å². The molecule has 1 nitrogen and oxygen atoms in total. The van der Waals surface area contributed by atoms with Gasteiger partial charge in [-0.25, -0.2) is 0 Å². The van der Waals surface area contributed by atoms with Crippen molar-refractivity contribution in [1.82, 2.24) is 5.32 Å². The minimum atomic E-state index is 0.510. The van der Waals surface area contributed by atoms with E-state index < -0.39 is 0 Å². The Labute approximate surface area is 115 Å². The van der Waals surface area contributed by atoms with E-state index in [1.807, 2.05) is 12.1 Å². The van der Waals surface area contributed by atoms with E-state index in [0.29, 0.717) is 11.3 Å². The molecule has 3 unspecified atom stereocenters. The SMILES string of the molecule is CC1CCC2(CCNCC2c2ccccc2Cl)C1. The monoisotopic (exact) mass is 263 g/mol. The average molecular weight is 264 g/mol. The van der Waals surface area contributed by atoms with Crippen molar-refractivity contribution >= 4 is 11.6 Å². The van der Waals surface area contributed by atoms with Crippen molar-refractivity contribution in [3.8, 4) is 0 Å². The molecule has 1 spiro atoms. The molecule has 3 rings (SSSR count). The third-order valence-electron chi connectivity index (χ3n) is 5.06. The van der Waals surface area contributed by atoms with E-state index in [1.54, 1.807) is 0 Å². The molecule has 3 atom stereocenters. The lowest BCUT2D eigenvalue weighted by molar-refractivity contribution is 0.164. The Morgan fingerprint density at radius 3 is 2.83 bits per heavy atom. The van der Waals surface area contributed by atoms with Crippen LogP contribution >= 0.6 is 11.6 Å². The van der Waals surface area contributed by atoms with E-state index in [4.69, 9.17) is 11.6 Å². The summed E-state index contributed by atoms with van der Waals surface area (Å²) >= 11 is 6.43. The quantitative estimate of drug-likeness (QED) is 0.800. The number of piperidine rings is 1. The molecule has 0 aromatic heterocycles. The van der Waals surface area contributed by atoms with E-state index in [1.165, 1.54) is 37.8 Å². The van der Waals surface area contributed by atoms with E-state index in [2.05, 4.69) is 24.4 Å². The molecule has 1 N–H and O–H groups in total. The molecule has 2 heteroatoms. The van der Waals surface area contributed by atoms with Crippen LogP contribution < -0.4 is 5.32 Å². The fraction of sp³-hybridized carbons (Fsp3) is 0.625. The van der Waals surface area contributed by atoms with Crippen LogP contribution in [0.3, 0.4) is 0 Å². The predicted molar refractivity (Wildman–Crippen MR) is 77.1 cm³/mol. The van der Waals surface area contributed by atoms with Gasteiger partial charge in [-0.2, -0.15) is 0 Å². The van der Waals surface area contributed by atoms with Gasteiger partial charge in [0.1, 0.15) is 0 Å². The van der Waals surface area contributed by atoms with Gasteiger partial charge < -0.3 is 5.32 Å². The van der Waals surface area contributed by atoms with Crippen LogP contribution in [0.25, 0.3) is 0 Å². The lowest BCUT2D eigenvalue weighted by Crippen LogP contribution is -2.42. The van der Waals surface area contributed by atoms with Crippen LogP contribution in [-0.2, 0) is 0 Å². The Kier molecular flexibility index (Phi) is 3.38. The highest BCUT2D eigenvalue weighted by Crippen LogP contribution is 2.54. The summed E-state index contributed by atoms with van der Waals surface area (Å²) in [4.78, 5) is 0. The first-order valence-electron chi connectivity index (χ1n) is 7.16. The van der Waals surface area contributed by atoms with Crippen LogP contribution in [0.4, 0.5) is 0 Å². The van der Waals surface area contributed by atoms with Gasteiger partial charge in [0, 0.05) is 17.5 Å². The maximum atomic E-state index is 6.43. The number of halogens is 1. The summed E-state index contributed by atoms with van der Waals surface area (Å²) in [6.07, 6.45) is 5.46. The van der Waals surface area contributed by atoms with Crippen LogP contribution in [0.5, 0.6) is 0 Å². The molecule has 1 aromatic rings. The number of nitrogens with one attached hydrogen (secondary N) is 1. The van der Waals surface area contributed by atoms with Gasteiger partial charge in [-0.05, 0) is 48.8 Å². The Bertz CT molecular complexity index is 427. The summed E-state index contributed by atoms with van der Waals surface area (Å²) in [5.41, 5.74) is 1.87. The molecule has 1 saturated heterocycles. The Morgan fingerprint density at radius 1 is 1.28 bits per heavy atom. The molecule has 1 saturated carbocycles. The van der Waals surface area contributed by atoms with Crippen LogP contribution in [0.2, 0.25) is 5.02 Å². The summed E-state index contributed by atoms with van der Waals surface area (Å²) in [5.74, 6) is 1.48. The Balaban J connectivity index is 1.96. The van der Waals surface area contributed by atoms with Crippen molar-refractivity contribution in [2.45, 2.75) is 38.5 Å². The van der Waals surface area contributed by atoms with Gasteiger partial charge in [-0.1, -0.05) is 43.1 Å². The molecule has 1 aliphatic heterocycles. The second kappa shape index (κ2) is 4.86. The van der Waals surface area contributed by atoms with E-state index in [0.717, 1.165) is 17.5 Å². The number of rotatable bonds is 1. The first-order valence-corrected chi connectivity index (χ1v) is 7.54. The van der Waals surface area contributed by atoms with Gasteiger partial charge in [0.15, 0.2) is 0 Å². The fourth-order valence-corrected chi connectivity index (χ4v) is 4.41. The molecule has 1 aromatic carbocycles. The third kappa shape index (κ3) is 2.08. The molecule has 2 aliphatic rings. The van der Waals surface area contributed by atoms with Gasteiger partial charge in [-0.3, -0.25) is 0 Å². The molecule has 0 radical (unpaired) electrons. The molecular formula is C16H22ClN. The summed E-state index contributed by atoms with van der Waals surface area (Å²) in [5, 5.41) is 4.52. The molecule has 0 amide bonds. The first-order chi connectivity index (χ1) is 8.71. The van der Waals surface area contributed by atoms with E-state index in [9.17, 15) is 0 Å². The Morgan fingerprint density at radius 2 is 2.11 bits per heavy atom. The zero-order valence-corrected chi connectivity index (χ0v) is 11.8. The lowest BCUT2D eigenvalue weighted by atomic mass is 9.66. The van der Waals surface area contributed by atoms with Crippen molar-refractivity contribution in [2.24, 2.45) is 11.3 Å². The van der Waals surface area contributed by atoms with Gasteiger partial charge in [0.2, 0.25) is 0 Å². The van der Waals surface area contributed by atoms with Crippen molar-refractivity contribution < 1.29 is 0 Å². The summed E-state index contributed by atoms with van der Waals surface area (Å²) < 4.78 is 0. The molecule has 2 fully saturated rings. The first kappa shape index (κ1) is 12.5. The maximum Gasteiger partial charge on any atom is 0.0441 e. The Hall–Kier alpha value is -0.530.